The van der Waals surface area contributed by atoms with E-state index in [1.807, 2.05) is 13.6 Å². The Morgan fingerprint density at radius 3 is 0.973 bits per heavy atom. The Morgan fingerprint density at radius 2 is 0.730 bits per heavy atom. The van der Waals surface area contributed by atoms with E-state index in [4.69, 9.17) is 0 Å². The minimum Gasteiger partial charge on any atom is -0.198 e. The van der Waals surface area contributed by atoms with E-state index >= 15 is 0 Å². The van der Waals surface area contributed by atoms with Crippen LogP contribution in [0.3, 0.4) is 0 Å². The van der Waals surface area contributed by atoms with Gasteiger partial charge in [-0.25, -0.2) is 0 Å². The molecular formula is C35H34PW-. The van der Waals surface area contributed by atoms with E-state index in [2.05, 4.69) is 149 Å². The summed E-state index contributed by atoms with van der Waals surface area (Å²) in [6.45, 7) is 10.9. The minimum atomic E-state index is 1.06. The molecule has 0 aliphatic heterocycles. The van der Waals surface area contributed by atoms with Crippen LogP contribution in [0, 0.1) is 13.8 Å². The molecular weight excluding hydrogens is 635 g/mol. The van der Waals surface area contributed by atoms with Crippen molar-refractivity contribution in [3.63, 3.8) is 0 Å². The molecule has 0 N–H and O–H groups in total. The molecule has 0 bridgehead atoms. The van der Waals surface area contributed by atoms with Crippen molar-refractivity contribution < 1.29 is 19.4 Å². The van der Waals surface area contributed by atoms with Gasteiger partial charge in [0.15, 0.2) is 0 Å². The van der Waals surface area contributed by atoms with Crippen LogP contribution in [-0.4, -0.2) is 11.1 Å². The van der Waals surface area contributed by atoms with Crippen LogP contribution in [0.4, 0.5) is 0 Å². The Labute approximate surface area is 236 Å². The Bertz CT molecular complexity index is 1180. The molecule has 0 saturated heterocycles. The summed E-state index contributed by atoms with van der Waals surface area (Å²) in [6.07, 6.45) is 0. The molecule has 5 rings (SSSR count). The van der Waals surface area contributed by atoms with Gasteiger partial charge in [-0.2, -0.15) is 12.5 Å². The number of benzene rings is 5. The van der Waals surface area contributed by atoms with Gasteiger partial charge in [-0.05, 0) is 18.1 Å². The second-order valence-corrected chi connectivity index (χ2v) is 10.00. The van der Waals surface area contributed by atoms with Gasteiger partial charge in [0.25, 0.3) is 0 Å². The fraction of sp³-hybridized carbons (Fsp3) is 0.0857. The molecule has 0 nitrogen and oxygen atoms in total. The smallest absolute Gasteiger partial charge is 0.0298 e. The van der Waals surface area contributed by atoms with Crippen LogP contribution in [0.2, 0.25) is 0 Å². The predicted octanol–water partition coefficient (Wildman–Crippen LogP) is 9.69. The SMILES string of the molecule is CP.C[CH]=[W].[CH2-]c1c(-c2ccccc2)c(-c2ccccc2)c(C)c(-c2ccccc2)c1-c1ccccc1. The first kappa shape index (κ1) is 28.5. The van der Waals surface area contributed by atoms with Gasteiger partial charge in [0.2, 0.25) is 0 Å². The van der Waals surface area contributed by atoms with Gasteiger partial charge in [0.1, 0.15) is 0 Å². The summed E-state index contributed by atoms with van der Waals surface area (Å²) >= 11 is 1.55. The van der Waals surface area contributed by atoms with Gasteiger partial charge in [0.05, 0.1) is 0 Å². The van der Waals surface area contributed by atoms with E-state index in [1.165, 1.54) is 50.1 Å². The maximum Gasteiger partial charge on any atom is -0.0298 e. The molecule has 5 aromatic rings. The third kappa shape index (κ3) is 6.64. The molecule has 2 heteroatoms. The quantitative estimate of drug-likeness (QED) is 0.132. The fourth-order valence-corrected chi connectivity index (χ4v) is 4.70. The molecule has 37 heavy (non-hydrogen) atoms. The van der Waals surface area contributed by atoms with Crippen molar-refractivity contribution in [3.8, 4) is 44.5 Å². The summed E-state index contributed by atoms with van der Waals surface area (Å²) in [5.74, 6) is 0. The van der Waals surface area contributed by atoms with Gasteiger partial charge in [-0.1, -0.05) is 156 Å². The van der Waals surface area contributed by atoms with E-state index in [9.17, 15) is 0 Å². The summed E-state index contributed by atoms with van der Waals surface area (Å²) in [7, 11) is 2.42. The standard InChI is InChI=1S/C32H25.C2H4.CH5P.W/c1-23-29(25-15-7-3-8-16-25)31(27-19-11-5-12-20-27)24(2)32(28-21-13-6-14-22-28)30(23)26-17-9-4-10-18-26;2*1-2;/h3-22H,1H2,2H3;1H,2H3;2H2,1H3;/q-1;;;. The normalized spacial score (nSPS) is 9.84. The first-order valence-corrected chi connectivity index (χ1v) is 15.2. The second-order valence-electron chi connectivity index (χ2n) is 8.30. The molecule has 0 spiro atoms. The van der Waals surface area contributed by atoms with Crippen molar-refractivity contribution >= 4 is 13.6 Å². The number of rotatable bonds is 4. The topological polar surface area (TPSA) is 0 Å². The average molecular weight is 669 g/mol. The van der Waals surface area contributed by atoms with Crippen molar-refractivity contribution in [3.05, 3.63) is 139 Å². The van der Waals surface area contributed by atoms with Crippen molar-refractivity contribution in [1.82, 2.24) is 0 Å². The molecule has 0 fully saturated rings. The van der Waals surface area contributed by atoms with E-state index in [0.29, 0.717) is 0 Å². The van der Waals surface area contributed by atoms with Gasteiger partial charge < -0.3 is 0 Å². The second kappa shape index (κ2) is 14.6. The Morgan fingerprint density at radius 1 is 0.514 bits per heavy atom. The summed E-state index contributed by atoms with van der Waals surface area (Å²) in [6, 6.07) is 42.7. The molecule has 1 atom stereocenters. The molecule has 0 aliphatic rings. The van der Waals surface area contributed by atoms with E-state index in [-0.39, 0.29) is 0 Å². The Balaban J connectivity index is 0.000000711. The van der Waals surface area contributed by atoms with Crippen LogP contribution in [0.1, 0.15) is 18.1 Å². The van der Waals surface area contributed by atoms with Crippen LogP contribution >= 0.6 is 9.24 Å². The third-order valence-corrected chi connectivity index (χ3v) is 6.10. The zero-order valence-electron chi connectivity index (χ0n) is 21.8. The summed E-state index contributed by atoms with van der Waals surface area (Å²) in [5, 5.41) is 0. The monoisotopic (exact) mass is 669 g/mol. The van der Waals surface area contributed by atoms with Crippen molar-refractivity contribution in [1.29, 1.82) is 0 Å². The molecule has 0 radical (unpaired) electrons. The van der Waals surface area contributed by atoms with Gasteiger partial charge in [-0.15, -0.1) is 20.4 Å². The fourth-order valence-electron chi connectivity index (χ4n) is 4.70. The zero-order valence-corrected chi connectivity index (χ0v) is 25.9. The molecule has 0 aliphatic carbocycles. The minimum absolute atomic E-state index is 1.06. The average Bonchev–Trinajstić information content (AvgIpc) is 2.97. The van der Waals surface area contributed by atoms with Crippen molar-refractivity contribution in [2.45, 2.75) is 13.8 Å². The summed E-state index contributed by atoms with van der Waals surface area (Å²) in [5.41, 5.74) is 12.0. The number of hydrogen-bond donors (Lipinski definition) is 0. The molecule has 0 amide bonds. The first-order valence-electron chi connectivity index (χ1n) is 12.4. The van der Waals surface area contributed by atoms with Gasteiger partial charge in [-0.3, -0.25) is 0 Å². The van der Waals surface area contributed by atoms with E-state index in [0.717, 1.165) is 5.56 Å². The van der Waals surface area contributed by atoms with Gasteiger partial charge in [0, 0.05) is 0 Å². The molecule has 0 saturated carbocycles. The summed E-state index contributed by atoms with van der Waals surface area (Å²) < 4.78 is 2.08. The molecule has 1 unspecified atom stereocenters. The maximum atomic E-state index is 4.69. The molecule has 0 heterocycles. The molecule has 186 valence electrons. The first-order chi connectivity index (χ1) is 18.2. The zero-order chi connectivity index (χ0) is 26.6. The molecule has 0 aromatic heterocycles. The van der Waals surface area contributed by atoms with Crippen LogP contribution in [0.25, 0.3) is 44.5 Å². The van der Waals surface area contributed by atoms with Crippen LogP contribution in [0.5, 0.6) is 0 Å². The summed E-state index contributed by atoms with van der Waals surface area (Å²) in [4.78, 5) is 0. The van der Waals surface area contributed by atoms with Crippen LogP contribution in [-0.2, 0) is 19.4 Å². The van der Waals surface area contributed by atoms with Crippen molar-refractivity contribution in [2.75, 3.05) is 6.66 Å². The van der Waals surface area contributed by atoms with Gasteiger partial charge >= 0.3 is 30.7 Å². The molecule has 5 aromatic carbocycles. The van der Waals surface area contributed by atoms with E-state index in [1.54, 1.807) is 19.4 Å². The Kier molecular flexibility index (Phi) is 11.3. The predicted molar refractivity (Wildman–Crippen MR) is 165 cm³/mol. The third-order valence-electron chi connectivity index (χ3n) is 6.10. The largest absolute Gasteiger partial charge is 0.198 e. The van der Waals surface area contributed by atoms with Crippen molar-refractivity contribution in [2.24, 2.45) is 0 Å². The van der Waals surface area contributed by atoms with E-state index < -0.39 is 0 Å². The maximum absolute atomic E-state index is 4.69. The Hall–Kier alpha value is -3.04. The number of hydrogen-bond acceptors (Lipinski definition) is 0. The van der Waals surface area contributed by atoms with Crippen LogP contribution < -0.4 is 0 Å². The van der Waals surface area contributed by atoms with Crippen LogP contribution in [0.15, 0.2) is 121 Å².